The van der Waals surface area contributed by atoms with Crippen molar-refractivity contribution in [2.45, 2.75) is 64.1 Å². The van der Waals surface area contributed by atoms with E-state index in [1.807, 2.05) is 12.1 Å². The third kappa shape index (κ3) is 6.24. The van der Waals surface area contributed by atoms with Gasteiger partial charge in [-0.25, -0.2) is 4.39 Å². The number of rotatable bonds is 7. The standard InChI is InChI=1S/C23H30FNO2/c1-26-23-15-19(16-25-21-7-5-3-2-4-6-8-21)11-14-22(23)27-17-18-9-12-20(24)13-10-18/h9-15,21,25H,2-8,16-17H2,1H3. The minimum Gasteiger partial charge on any atom is -0.493 e. The lowest BCUT2D eigenvalue weighted by Gasteiger charge is -2.21. The number of methoxy groups -OCH3 is 1. The maximum Gasteiger partial charge on any atom is 0.161 e. The van der Waals surface area contributed by atoms with Crippen molar-refractivity contribution in [1.29, 1.82) is 0 Å². The smallest absolute Gasteiger partial charge is 0.161 e. The summed E-state index contributed by atoms with van der Waals surface area (Å²) in [5.74, 6) is 1.20. The highest BCUT2D eigenvalue weighted by Gasteiger charge is 2.12. The van der Waals surface area contributed by atoms with Crippen LogP contribution >= 0.6 is 0 Å². The molecule has 1 aliphatic carbocycles. The van der Waals surface area contributed by atoms with Gasteiger partial charge < -0.3 is 14.8 Å². The lowest BCUT2D eigenvalue weighted by molar-refractivity contribution is 0.284. The Morgan fingerprint density at radius 2 is 1.56 bits per heavy atom. The van der Waals surface area contributed by atoms with Gasteiger partial charge in [-0.1, -0.05) is 50.3 Å². The Hall–Kier alpha value is -2.07. The summed E-state index contributed by atoms with van der Waals surface area (Å²) in [6.45, 7) is 1.23. The second-order valence-corrected chi connectivity index (χ2v) is 7.32. The van der Waals surface area contributed by atoms with Crippen LogP contribution in [-0.4, -0.2) is 13.2 Å². The molecule has 0 aliphatic heterocycles. The first-order valence-electron chi connectivity index (χ1n) is 10.0. The van der Waals surface area contributed by atoms with Crippen LogP contribution in [0.4, 0.5) is 4.39 Å². The van der Waals surface area contributed by atoms with E-state index >= 15 is 0 Å². The summed E-state index contributed by atoms with van der Waals surface area (Å²) in [4.78, 5) is 0. The minimum atomic E-state index is -0.238. The molecule has 0 atom stereocenters. The maximum atomic E-state index is 13.0. The van der Waals surface area contributed by atoms with Gasteiger partial charge in [0.05, 0.1) is 7.11 Å². The molecule has 0 bridgehead atoms. The van der Waals surface area contributed by atoms with E-state index < -0.39 is 0 Å². The molecule has 146 valence electrons. The molecule has 0 radical (unpaired) electrons. The van der Waals surface area contributed by atoms with Crippen LogP contribution in [0.2, 0.25) is 0 Å². The van der Waals surface area contributed by atoms with Crippen LogP contribution in [0.5, 0.6) is 11.5 Å². The Balaban J connectivity index is 1.55. The molecule has 4 heteroatoms. The molecule has 1 aliphatic rings. The summed E-state index contributed by atoms with van der Waals surface area (Å²) in [5.41, 5.74) is 2.12. The molecule has 2 aromatic rings. The number of hydrogen-bond acceptors (Lipinski definition) is 3. The first-order valence-corrected chi connectivity index (χ1v) is 10.0. The highest BCUT2D eigenvalue weighted by Crippen LogP contribution is 2.29. The Morgan fingerprint density at radius 1 is 0.889 bits per heavy atom. The highest BCUT2D eigenvalue weighted by atomic mass is 19.1. The molecular weight excluding hydrogens is 341 g/mol. The van der Waals surface area contributed by atoms with Gasteiger partial charge in [0, 0.05) is 12.6 Å². The van der Waals surface area contributed by atoms with Crippen LogP contribution in [0.25, 0.3) is 0 Å². The largest absolute Gasteiger partial charge is 0.493 e. The van der Waals surface area contributed by atoms with Crippen molar-refractivity contribution in [3.05, 3.63) is 59.4 Å². The van der Waals surface area contributed by atoms with E-state index in [0.29, 0.717) is 18.4 Å². The second-order valence-electron chi connectivity index (χ2n) is 7.32. The van der Waals surface area contributed by atoms with Gasteiger partial charge in [0.2, 0.25) is 0 Å². The fourth-order valence-electron chi connectivity index (χ4n) is 3.61. The van der Waals surface area contributed by atoms with E-state index in [9.17, 15) is 4.39 Å². The van der Waals surface area contributed by atoms with Gasteiger partial charge in [-0.2, -0.15) is 0 Å². The normalized spacial score (nSPS) is 15.8. The van der Waals surface area contributed by atoms with Gasteiger partial charge in [0.15, 0.2) is 11.5 Å². The zero-order valence-corrected chi connectivity index (χ0v) is 16.2. The first-order chi connectivity index (χ1) is 13.2. The zero-order chi connectivity index (χ0) is 18.9. The molecule has 0 amide bonds. The number of halogens is 1. The van der Waals surface area contributed by atoms with E-state index in [2.05, 4.69) is 11.4 Å². The van der Waals surface area contributed by atoms with Crippen molar-refractivity contribution in [3.63, 3.8) is 0 Å². The molecular formula is C23H30FNO2. The molecule has 0 unspecified atom stereocenters. The summed E-state index contributed by atoms with van der Waals surface area (Å²) in [7, 11) is 1.66. The summed E-state index contributed by atoms with van der Waals surface area (Å²) < 4.78 is 24.4. The van der Waals surface area contributed by atoms with Crippen LogP contribution < -0.4 is 14.8 Å². The summed E-state index contributed by atoms with van der Waals surface area (Å²) in [5, 5.41) is 3.71. The molecule has 2 aromatic carbocycles. The molecule has 3 nitrogen and oxygen atoms in total. The monoisotopic (exact) mass is 371 g/mol. The fraction of sp³-hybridized carbons (Fsp3) is 0.478. The third-order valence-electron chi connectivity index (χ3n) is 5.24. The van der Waals surface area contributed by atoms with E-state index in [1.54, 1.807) is 19.2 Å². The molecule has 0 heterocycles. The van der Waals surface area contributed by atoms with Crippen LogP contribution in [0, 0.1) is 5.82 Å². The van der Waals surface area contributed by atoms with Gasteiger partial charge in [-0.3, -0.25) is 0 Å². The Bertz CT molecular complexity index is 694. The number of benzene rings is 2. The van der Waals surface area contributed by atoms with Gasteiger partial charge in [0.25, 0.3) is 0 Å². The molecule has 1 N–H and O–H groups in total. The van der Waals surface area contributed by atoms with Crippen molar-refractivity contribution < 1.29 is 13.9 Å². The topological polar surface area (TPSA) is 30.5 Å². The van der Waals surface area contributed by atoms with Crippen LogP contribution in [0.1, 0.15) is 56.1 Å². The van der Waals surface area contributed by atoms with E-state index in [4.69, 9.17) is 9.47 Å². The van der Waals surface area contributed by atoms with Crippen molar-refractivity contribution in [2.24, 2.45) is 0 Å². The van der Waals surface area contributed by atoms with E-state index in [-0.39, 0.29) is 5.82 Å². The third-order valence-corrected chi connectivity index (χ3v) is 5.24. The van der Waals surface area contributed by atoms with Crippen LogP contribution in [-0.2, 0) is 13.2 Å². The summed E-state index contributed by atoms with van der Waals surface area (Å²) in [6.07, 6.45) is 9.34. The first kappa shape index (κ1) is 19.7. The Morgan fingerprint density at radius 3 is 2.26 bits per heavy atom. The van der Waals surface area contributed by atoms with Crippen molar-refractivity contribution >= 4 is 0 Å². The van der Waals surface area contributed by atoms with Gasteiger partial charge in [-0.05, 0) is 48.2 Å². The van der Waals surface area contributed by atoms with Crippen LogP contribution in [0.15, 0.2) is 42.5 Å². The molecule has 0 saturated heterocycles. The SMILES string of the molecule is COc1cc(CNC2CCCCCCC2)ccc1OCc1ccc(F)cc1. The molecule has 27 heavy (non-hydrogen) atoms. The molecule has 1 fully saturated rings. The lowest BCUT2D eigenvalue weighted by Crippen LogP contribution is -2.29. The quantitative estimate of drug-likeness (QED) is 0.685. The van der Waals surface area contributed by atoms with Gasteiger partial charge in [0.1, 0.15) is 12.4 Å². The van der Waals surface area contributed by atoms with Gasteiger partial charge in [-0.15, -0.1) is 0 Å². The minimum absolute atomic E-state index is 0.238. The Labute approximate surface area is 161 Å². The summed E-state index contributed by atoms with van der Waals surface area (Å²) in [6, 6.07) is 13.0. The lowest BCUT2D eigenvalue weighted by atomic mass is 9.96. The second kappa shape index (κ2) is 10.3. The van der Waals surface area contributed by atoms with E-state index in [0.717, 1.165) is 17.9 Å². The van der Waals surface area contributed by atoms with Gasteiger partial charge >= 0.3 is 0 Å². The average molecular weight is 371 g/mol. The molecule has 1 saturated carbocycles. The fourth-order valence-corrected chi connectivity index (χ4v) is 3.61. The van der Waals surface area contributed by atoms with Crippen molar-refractivity contribution in [3.8, 4) is 11.5 Å². The summed E-state index contributed by atoms with van der Waals surface area (Å²) >= 11 is 0. The molecule has 3 rings (SSSR count). The van der Waals surface area contributed by atoms with E-state index in [1.165, 1.54) is 62.6 Å². The average Bonchev–Trinajstić information content (AvgIpc) is 2.67. The highest BCUT2D eigenvalue weighted by molar-refractivity contribution is 5.43. The Kier molecular flexibility index (Phi) is 7.52. The van der Waals surface area contributed by atoms with Crippen LogP contribution in [0.3, 0.4) is 0 Å². The predicted molar refractivity (Wildman–Crippen MR) is 107 cm³/mol. The zero-order valence-electron chi connectivity index (χ0n) is 16.2. The maximum absolute atomic E-state index is 13.0. The number of hydrogen-bond donors (Lipinski definition) is 1. The number of nitrogens with one attached hydrogen (secondary N) is 1. The predicted octanol–water partition coefficient (Wildman–Crippen LogP) is 5.62. The van der Waals surface area contributed by atoms with Crippen molar-refractivity contribution in [2.75, 3.05) is 7.11 Å². The number of ether oxygens (including phenoxy) is 2. The molecule has 0 spiro atoms. The van der Waals surface area contributed by atoms with Crippen molar-refractivity contribution in [1.82, 2.24) is 5.32 Å². The molecule has 0 aromatic heterocycles.